The molecule has 1 heterocycles. The molecule has 15 heavy (non-hydrogen) atoms. The number of carbonyl (C=O) groups is 1. The van der Waals surface area contributed by atoms with E-state index in [0.717, 1.165) is 32.4 Å². The number of hydrogen-bond donors (Lipinski definition) is 2. The molecule has 1 aliphatic heterocycles. The Balaban J connectivity index is 2.36. The van der Waals surface area contributed by atoms with E-state index in [9.17, 15) is 4.79 Å². The van der Waals surface area contributed by atoms with Crippen LogP contribution in [0, 0.1) is 0 Å². The molecule has 3 N–H and O–H groups in total. The molecule has 0 bridgehead atoms. The van der Waals surface area contributed by atoms with Crippen LogP contribution in [0.5, 0.6) is 0 Å². The highest BCUT2D eigenvalue weighted by atomic mass is 32.1. The Morgan fingerprint density at radius 1 is 1.53 bits per heavy atom. The lowest BCUT2D eigenvalue weighted by Crippen LogP contribution is -2.44. The van der Waals surface area contributed by atoms with Gasteiger partial charge in [-0.2, -0.15) is 0 Å². The van der Waals surface area contributed by atoms with E-state index >= 15 is 0 Å². The maximum atomic E-state index is 11.7. The van der Waals surface area contributed by atoms with Crippen molar-refractivity contribution in [2.24, 2.45) is 5.73 Å². The molecule has 0 aromatic heterocycles. The quantitative estimate of drug-likeness (QED) is 0.713. The SMILES string of the molecule is CCC(CC(N)=S)NC(=O)N1CCCC1. The summed E-state index contributed by atoms with van der Waals surface area (Å²) in [6.07, 6.45) is 3.67. The van der Waals surface area contributed by atoms with Gasteiger partial charge in [-0.25, -0.2) is 4.79 Å². The maximum absolute atomic E-state index is 11.7. The smallest absolute Gasteiger partial charge is 0.317 e. The molecule has 1 atom stereocenters. The summed E-state index contributed by atoms with van der Waals surface area (Å²) in [6, 6.07) is 0.103. The minimum absolute atomic E-state index is 0.0237. The summed E-state index contributed by atoms with van der Waals surface area (Å²) in [5.74, 6) is 0. The molecule has 1 aliphatic rings. The maximum Gasteiger partial charge on any atom is 0.317 e. The minimum atomic E-state index is 0.0237. The zero-order valence-electron chi connectivity index (χ0n) is 9.16. The first kappa shape index (κ1) is 12.2. The average Bonchev–Trinajstić information content (AvgIpc) is 2.68. The van der Waals surface area contributed by atoms with Crippen LogP contribution in [0.1, 0.15) is 32.6 Å². The highest BCUT2D eigenvalue weighted by Crippen LogP contribution is 2.08. The minimum Gasteiger partial charge on any atom is -0.393 e. The van der Waals surface area contributed by atoms with E-state index in [0.29, 0.717) is 11.4 Å². The van der Waals surface area contributed by atoms with Gasteiger partial charge in [0.15, 0.2) is 0 Å². The molecule has 1 saturated heterocycles. The zero-order valence-corrected chi connectivity index (χ0v) is 9.98. The molecule has 1 rings (SSSR count). The predicted octanol–water partition coefficient (Wildman–Crippen LogP) is 1.25. The number of nitrogens with one attached hydrogen (secondary N) is 1. The lowest BCUT2D eigenvalue weighted by Gasteiger charge is -2.21. The van der Waals surface area contributed by atoms with Gasteiger partial charge >= 0.3 is 6.03 Å². The third-order valence-electron chi connectivity index (χ3n) is 2.66. The van der Waals surface area contributed by atoms with Crippen LogP contribution in [0.3, 0.4) is 0 Å². The molecule has 0 aromatic rings. The summed E-state index contributed by atoms with van der Waals surface area (Å²) >= 11 is 4.84. The second-order valence-corrected chi connectivity index (χ2v) is 4.44. The number of nitrogens with two attached hydrogens (primary N) is 1. The van der Waals surface area contributed by atoms with Crippen molar-refractivity contribution >= 4 is 23.2 Å². The van der Waals surface area contributed by atoms with E-state index in [1.165, 1.54) is 0 Å². The summed E-state index contributed by atoms with van der Waals surface area (Å²) in [7, 11) is 0. The molecule has 0 radical (unpaired) electrons. The molecule has 0 aliphatic carbocycles. The van der Waals surface area contributed by atoms with Gasteiger partial charge in [-0.15, -0.1) is 0 Å². The number of urea groups is 1. The topological polar surface area (TPSA) is 58.4 Å². The van der Waals surface area contributed by atoms with Crippen LogP contribution in [0.2, 0.25) is 0 Å². The number of hydrogen-bond acceptors (Lipinski definition) is 2. The number of likely N-dealkylation sites (tertiary alicyclic amines) is 1. The Labute approximate surface area is 96.2 Å². The lowest BCUT2D eigenvalue weighted by atomic mass is 10.1. The van der Waals surface area contributed by atoms with Crippen molar-refractivity contribution in [1.82, 2.24) is 10.2 Å². The summed E-state index contributed by atoms with van der Waals surface area (Å²) < 4.78 is 0. The van der Waals surface area contributed by atoms with Gasteiger partial charge in [-0.05, 0) is 19.3 Å². The van der Waals surface area contributed by atoms with E-state index in [2.05, 4.69) is 5.32 Å². The Bertz CT molecular complexity index is 239. The van der Waals surface area contributed by atoms with Crippen molar-refractivity contribution in [1.29, 1.82) is 0 Å². The van der Waals surface area contributed by atoms with Gasteiger partial charge in [-0.1, -0.05) is 19.1 Å². The van der Waals surface area contributed by atoms with Crippen LogP contribution in [-0.2, 0) is 0 Å². The summed E-state index contributed by atoms with van der Waals surface area (Å²) in [5.41, 5.74) is 5.46. The fourth-order valence-corrected chi connectivity index (χ4v) is 1.93. The molecule has 0 aromatic carbocycles. The molecule has 4 nitrogen and oxygen atoms in total. The Hall–Kier alpha value is -0.840. The molecule has 1 unspecified atom stereocenters. The van der Waals surface area contributed by atoms with Crippen LogP contribution in [0.15, 0.2) is 0 Å². The van der Waals surface area contributed by atoms with Gasteiger partial charge in [0.05, 0.1) is 4.99 Å². The predicted molar refractivity (Wildman–Crippen MR) is 64.8 cm³/mol. The highest BCUT2D eigenvalue weighted by molar-refractivity contribution is 7.80. The molecule has 5 heteroatoms. The van der Waals surface area contributed by atoms with Gasteiger partial charge in [0.1, 0.15) is 0 Å². The van der Waals surface area contributed by atoms with E-state index in [4.69, 9.17) is 18.0 Å². The van der Waals surface area contributed by atoms with Crippen molar-refractivity contribution in [3.8, 4) is 0 Å². The van der Waals surface area contributed by atoms with Gasteiger partial charge < -0.3 is 16.0 Å². The van der Waals surface area contributed by atoms with Crippen LogP contribution in [-0.4, -0.2) is 35.1 Å². The van der Waals surface area contributed by atoms with Crippen LogP contribution >= 0.6 is 12.2 Å². The average molecular weight is 229 g/mol. The molecule has 0 spiro atoms. The van der Waals surface area contributed by atoms with E-state index in [1.807, 2.05) is 11.8 Å². The van der Waals surface area contributed by atoms with Gasteiger partial charge in [-0.3, -0.25) is 0 Å². The first-order chi connectivity index (χ1) is 7.13. The summed E-state index contributed by atoms with van der Waals surface area (Å²) in [5, 5.41) is 2.96. The monoisotopic (exact) mass is 229 g/mol. The Morgan fingerprint density at radius 3 is 2.60 bits per heavy atom. The van der Waals surface area contributed by atoms with Crippen LogP contribution < -0.4 is 11.1 Å². The Morgan fingerprint density at radius 2 is 2.13 bits per heavy atom. The Kier molecular flexibility index (Phi) is 4.81. The fourth-order valence-electron chi connectivity index (χ4n) is 1.73. The highest BCUT2D eigenvalue weighted by Gasteiger charge is 2.20. The van der Waals surface area contributed by atoms with Crippen molar-refractivity contribution in [2.45, 2.75) is 38.6 Å². The van der Waals surface area contributed by atoms with Crippen molar-refractivity contribution in [3.63, 3.8) is 0 Å². The molecular formula is C10H19N3OS. The number of rotatable bonds is 4. The normalized spacial score (nSPS) is 17.5. The number of thiocarbonyl (C=S) groups is 1. The van der Waals surface area contributed by atoms with E-state index in [-0.39, 0.29) is 12.1 Å². The first-order valence-electron chi connectivity index (χ1n) is 5.47. The molecule has 1 fully saturated rings. The molecule has 0 saturated carbocycles. The van der Waals surface area contributed by atoms with Crippen LogP contribution in [0.25, 0.3) is 0 Å². The largest absolute Gasteiger partial charge is 0.393 e. The van der Waals surface area contributed by atoms with Gasteiger partial charge in [0.25, 0.3) is 0 Å². The third-order valence-corrected chi connectivity index (χ3v) is 2.83. The van der Waals surface area contributed by atoms with Gasteiger partial charge in [0, 0.05) is 25.6 Å². The van der Waals surface area contributed by atoms with Crippen LogP contribution in [0.4, 0.5) is 4.79 Å². The van der Waals surface area contributed by atoms with E-state index < -0.39 is 0 Å². The van der Waals surface area contributed by atoms with E-state index in [1.54, 1.807) is 0 Å². The lowest BCUT2D eigenvalue weighted by molar-refractivity contribution is 0.204. The second-order valence-electron chi connectivity index (χ2n) is 3.92. The first-order valence-corrected chi connectivity index (χ1v) is 5.88. The van der Waals surface area contributed by atoms with Crippen molar-refractivity contribution in [3.05, 3.63) is 0 Å². The number of amides is 2. The summed E-state index contributed by atoms with van der Waals surface area (Å²) in [6.45, 7) is 3.76. The molecule has 2 amide bonds. The number of nitrogens with zero attached hydrogens (tertiary/aromatic N) is 1. The third kappa shape index (κ3) is 4.03. The van der Waals surface area contributed by atoms with Crippen molar-refractivity contribution < 1.29 is 4.79 Å². The molecular weight excluding hydrogens is 210 g/mol. The summed E-state index contributed by atoms with van der Waals surface area (Å²) in [4.78, 5) is 14.0. The second kappa shape index (κ2) is 5.90. The fraction of sp³-hybridized carbons (Fsp3) is 0.800. The van der Waals surface area contributed by atoms with Crippen molar-refractivity contribution in [2.75, 3.05) is 13.1 Å². The molecule has 86 valence electrons. The number of carbonyl (C=O) groups excluding carboxylic acids is 1. The zero-order chi connectivity index (χ0) is 11.3. The standard InChI is InChI=1S/C10H19N3OS/c1-2-8(7-9(11)15)12-10(14)13-5-3-4-6-13/h8H,2-7H2,1H3,(H2,11,15)(H,12,14). The van der Waals surface area contributed by atoms with Gasteiger partial charge in [0.2, 0.25) is 0 Å².